The Morgan fingerprint density at radius 3 is 2.78 bits per heavy atom. The fourth-order valence-corrected chi connectivity index (χ4v) is 3.02. The quantitative estimate of drug-likeness (QED) is 0.940. The predicted molar refractivity (Wildman–Crippen MR) is 84.1 cm³/mol. The number of aromatic nitrogens is 2. The summed E-state index contributed by atoms with van der Waals surface area (Å²) in [6.07, 6.45) is 3.54. The highest BCUT2D eigenvalue weighted by Crippen LogP contribution is 2.31. The molecule has 1 amide bonds. The number of likely N-dealkylation sites (tertiary alicyclic amines) is 1. The van der Waals surface area contributed by atoms with Crippen molar-refractivity contribution in [2.75, 3.05) is 6.54 Å². The lowest BCUT2D eigenvalue weighted by Crippen LogP contribution is -2.25. The van der Waals surface area contributed by atoms with E-state index in [4.69, 9.17) is 5.73 Å². The first-order valence-corrected chi connectivity index (χ1v) is 7.66. The van der Waals surface area contributed by atoms with Gasteiger partial charge in [-0.3, -0.25) is 9.69 Å². The number of primary amides is 1. The zero-order chi connectivity index (χ0) is 16.4. The van der Waals surface area contributed by atoms with Crippen LogP contribution in [0.15, 0.2) is 30.5 Å². The topological polar surface area (TPSA) is 72.1 Å². The molecule has 1 aromatic heterocycles. The normalized spacial score (nSPS) is 18.3. The summed E-state index contributed by atoms with van der Waals surface area (Å²) in [4.78, 5) is 22.4. The number of benzene rings is 1. The van der Waals surface area contributed by atoms with Crippen molar-refractivity contribution < 1.29 is 9.18 Å². The Kier molecular flexibility index (Phi) is 4.34. The number of rotatable bonds is 4. The fourth-order valence-electron chi connectivity index (χ4n) is 3.02. The maximum Gasteiger partial charge on any atom is 0.252 e. The van der Waals surface area contributed by atoms with Crippen LogP contribution in [0.3, 0.4) is 0 Å². The van der Waals surface area contributed by atoms with Crippen LogP contribution in [-0.2, 0) is 6.54 Å². The van der Waals surface area contributed by atoms with Gasteiger partial charge in [0.2, 0.25) is 0 Å². The summed E-state index contributed by atoms with van der Waals surface area (Å²) < 4.78 is 13.0. The van der Waals surface area contributed by atoms with Gasteiger partial charge in [0.1, 0.15) is 11.6 Å². The lowest BCUT2D eigenvalue weighted by molar-refractivity contribution is 0.0998. The van der Waals surface area contributed by atoms with Crippen molar-refractivity contribution >= 4 is 5.91 Å². The van der Waals surface area contributed by atoms with Crippen LogP contribution in [0.2, 0.25) is 0 Å². The van der Waals surface area contributed by atoms with E-state index in [0.29, 0.717) is 17.1 Å². The van der Waals surface area contributed by atoms with E-state index in [1.54, 1.807) is 19.1 Å². The molecule has 2 aromatic rings. The van der Waals surface area contributed by atoms with E-state index in [2.05, 4.69) is 14.9 Å². The van der Waals surface area contributed by atoms with Crippen molar-refractivity contribution in [3.8, 4) is 0 Å². The molecular weight excluding hydrogens is 295 g/mol. The standard InChI is InChI=1S/C17H19FN4O/c1-11-14(16(19)23)9-20-17(21-11)15-3-2-8-22(15)10-12-4-6-13(18)7-5-12/h4-7,9,15H,2-3,8,10H2,1H3,(H2,19,23)/t15-/m0/s1. The van der Waals surface area contributed by atoms with Crippen LogP contribution in [0.4, 0.5) is 4.39 Å². The fraction of sp³-hybridized carbons (Fsp3) is 0.353. The van der Waals surface area contributed by atoms with Crippen molar-refractivity contribution in [3.63, 3.8) is 0 Å². The Morgan fingerprint density at radius 1 is 1.39 bits per heavy atom. The van der Waals surface area contributed by atoms with Crippen molar-refractivity contribution in [1.82, 2.24) is 14.9 Å². The zero-order valence-corrected chi connectivity index (χ0v) is 13.0. The number of carbonyl (C=O) groups excluding carboxylic acids is 1. The van der Waals surface area contributed by atoms with E-state index >= 15 is 0 Å². The Morgan fingerprint density at radius 2 is 2.13 bits per heavy atom. The molecule has 120 valence electrons. The molecule has 0 bridgehead atoms. The minimum atomic E-state index is -0.511. The summed E-state index contributed by atoms with van der Waals surface area (Å²) in [5, 5.41) is 0. The van der Waals surface area contributed by atoms with Crippen LogP contribution in [0.1, 0.15) is 46.3 Å². The van der Waals surface area contributed by atoms with Crippen molar-refractivity contribution in [3.05, 3.63) is 58.9 Å². The summed E-state index contributed by atoms with van der Waals surface area (Å²) in [7, 11) is 0. The monoisotopic (exact) mass is 314 g/mol. The molecule has 0 unspecified atom stereocenters. The highest BCUT2D eigenvalue weighted by atomic mass is 19.1. The molecule has 0 saturated carbocycles. The zero-order valence-electron chi connectivity index (χ0n) is 13.0. The molecule has 1 aromatic carbocycles. The van der Waals surface area contributed by atoms with E-state index < -0.39 is 5.91 Å². The molecular formula is C17H19FN4O. The van der Waals surface area contributed by atoms with E-state index in [9.17, 15) is 9.18 Å². The lowest BCUT2D eigenvalue weighted by atomic mass is 10.1. The highest BCUT2D eigenvalue weighted by Gasteiger charge is 2.28. The maximum atomic E-state index is 13.0. The molecule has 5 nitrogen and oxygen atoms in total. The average Bonchev–Trinajstić information content (AvgIpc) is 2.97. The molecule has 1 aliphatic heterocycles. The van der Waals surface area contributed by atoms with Crippen LogP contribution in [-0.4, -0.2) is 27.3 Å². The van der Waals surface area contributed by atoms with Gasteiger partial charge in [0.25, 0.3) is 5.91 Å². The maximum absolute atomic E-state index is 13.0. The molecule has 1 fully saturated rings. The average molecular weight is 314 g/mol. The van der Waals surface area contributed by atoms with Gasteiger partial charge in [-0.15, -0.1) is 0 Å². The summed E-state index contributed by atoms with van der Waals surface area (Å²) in [5.74, 6) is -0.0246. The van der Waals surface area contributed by atoms with E-state index in [1.807, 2.05) is 0 Å². The Balaban J connectivity index is 1.80. The smallest absolute Gasteiger partial charge is 0.252 e. The van der Waals surface area contributed by atoms with Gasteiger partial charge < -0.3 is 5.73 Å². The third kappa shape index (κ3) is 3.37. The van der Waals surface area contributed by atoms with Gasteiger partial charge in [-0.25, -0.2) is 14.4 Å². The first-order chi connectivity index (χ1) is 11.0. The Hall–Kier alpha value is -2.34. The van der Waals surface area contributed by atoms with E-state index in [0.717, 1.165) is 31.5 Å². The molecule has 0 spiro atoms. The first-order valence-electron chi connectivity index (χ1n) is 7.66. The minimum absolute atomic E-state index is 0.112. The number of hydrogen-bond acceptors (Lipinski definition) is 4. The SMILES string of the molecule is Cc1nc([C@@H]2CCCN2Cc2ccc(F)cc2)ncc1C(N)=O. The third-order valence-corrected chi connectivity index (χ3v) is 4.22. The molecule has 1 atom stereocenters. The van der Waals surface area contributed by atoms with Crippen molar-refractivity contribution in [1.29, 1.82) is 0 Å². The second kappa shape index (κ2) is 6.42. The number of carbonyl (C=O) groups is 1. The van der Waals surface area contributed by atoms with Crippen LogP contribution < -0.4 is 5.73 Å². The molecule has 1 aliphatic rings. The van der Waals surface area contributed by atoms with Crippen molar-refractivity contribution in [2.45, 2.75) is 32.4 Å². The molecule has 0 radical (unpaired) electrons. The van der Waals surface area contributed by atoms with Gasteiger partial charge in [0.15, 0.2) is 0 Å². The van der Waals surface area contributed by atoms with Gasteiger partial charge in [-0.05, 0) is 44.0 Å². The molecule has 2 N–H and O–H groups in total. The minimum Gasteiger partial charge on any atom is -0.365 e. The summed E-state index contributed by atoms with van der Waals surface area (Å²) in [5.41, 5.74) is 7.32. The number of amides is 1. The Labute approximate surface area is 134 Å². The van der Waals surface area contributed by atoms with Crippen LogP contribution in [0.25, 0.3) is 0 Å². The van der Waals surface area contributed by atoms with Crippen LogP contribution in [0, 0.1) is 12.7 Å². The molecule has 3 rings (SSSR count). The number of nitrogens with zero attached hydrogens (tertiary/aromatic N) is 3. The third-order valence-electron chi connectivity index (χ3n) is 4.22. The van der Waals surface area contributed by atoms with Gasteiger partial charge in [-0.1, -0.05) is 12.1 Å². The number of halogens is 1. The van der Waals surface area contributed by atoms with E-state index in [-0.39, 0.29) is 11.9 Å². The summed E-state index contributed by atoms with van der Waals surface area (Å²) in [6.45, 7) is 3.44. The molecule has 6 heteroatoms. The van der Waals surface area contributed by atoms with Crippen LogP contribution in [0.5, 0.6) is 0 Å². The number of hydrogen-bond donors (Lipinski definition) is 1. The molecule has 23 heavy (non-hydrogen) atoms. The van der Waals surface area contributed by atoms with Gasteiger partial charge in [-0.2, -0.15) is 0 Å². The molecule has 2 heterocycles. The lowest BCUT2D eigenvalue weighted by Gasteiger charge is -2.23. The largest absolute Gasteiger partial charge is 0.365 e. The number of aryl methyl sites for hydroxylation is 1. The Bertz CT molecular complexity index is 717. The molecule has 0 aliphatic carbocycles. The van der Waals surface area contributed by atoms with E-state index in [1.165, 1.54) is 18.3 Å². The van der Waals surface area contributed by atoms with Gasteiger partial charge in [0, 0.05) is 12.7 Å². The van der Waals surface area contributed by atoms with Crippen LogP contribution >= 0.6 is 0 Å². The number of nitrogens with two attached hydrogens (primary N) is 1. The first kappa shape index (κ1) is 15.6. The second-order valence-electron chi connectivity index (χ2n) is 5.85. The van der Waals surface area contributed by atoms with Crippen molar-refractivity contribution in [2.24, 2.45) is 5.73 Å². The molecule has 1 saturated heterocycles. The summed E-state index contributed by atoms with van der Waals surface area (Å²) in [6, 6.07) is 6.66. The van der Waals surface area contributed by atoms with Gasteiger partial charge >= 0.3 is 0 Å². The predicted octanol–water partition coefficient (Wildman–Crippen LogP) is 2.36. The highest BCUT2D eigenvalue weighted by molar-refractivity contribution is 5.93. The van der Waals surface area contributed by atoms with Gasteiger partial charge in [0.05, 0.1) is 17.3 Å². The second-order valence-corrected chi connectivity index (χ2v) is 5.85. The summed E-state index contributed by atoms with van der Waals surface area (Å²) >= 11 is 0.